The molecule has 1 rings (SSSR count). The number of aliphatic carboxylic acids is 1. The van der Waals surface area contributed by atoms with Crippen molar-refractivity contribution in [3.8, 4) is 0 Å². The maximum Gasteiger partial charge on any atom is 0.326 e. The Bertz CT molecular complexity index is 269. The molecule has 0 radical (unpaired) electrons. The van der Waals surface area contributed by atoms with E-state index in [0.29, 0.717) is 11.4 Å². The van der Waals surface area contributed by atoms with E-state index in [1.54, 1.807) is 6.92 Å². The molecule has 0 aliphatic rings. The molecule has 11 heavy (non-hydrogen) atoms. The van der Waals surface area contributed by atoms with Crippen molar-refractivity contribution < 1.29 is 9.90 Å². The summed E-state index contributed by atoms with van der Waals surface area (Å²) in [5.74, 6) is -1.07. The molecule has 0 fully saturated rings. The van der Waals surface area contributed by atoms with Crippen LogP contribution in [0.2, 0.25) is 0 Å². The zero-order valence-corrected chi connectivity index (χ0v) is 6.03. The van der Waals surface area contributed by atoms with Gasteiger partial charge >= 0.3 is 5.97 Å². The summed E-state index contributed by atoms with van der Waals surface area (Å²) in [5.41, 5.74) is 6.38. The number of aryl methyl sites for hydroxylation is 1. The number of rotatable bonds is 2. The van der Waals surface area contributed by atoms with Crippen molar-refractivity contribution in [2.24, 2.45) is 5.73 Å². The Morgan fingerprint density at radius 2 is 2.55 bits per heavy atom. The summed E-state index contributed by atoms with van der Waals surface area (Å²) in [6.07, 6.45) is 1.42. The van der Waals surface area contributed by atoms with Crippen molar-refractivity contribution in [3.63, 3.8) is 0 Å². The lowest BCUT2D eigenvalue weighted by Crippen LogP contribution is -2.21. The first-order valence-electron chi connectivity index (χ1n) is 3.11. The molecular formula is C6H9N3O2. The van der Waals surface area contributed by atoms with E-state index < -0.39 is 12.0 Å². The molecule has 1 aromatic rings. The minimum atomic E-state index is -1.07. The van der Waals surface area contributed by atoms with E-state index in [-0.39, 0.29) is 0 Å². The Morgan fingerprint density at radius 3 is 2.91 bits per heavy atom. The van der Waals surface area contributed by atoms with E-state index in [1.165, 1.54) is 6.33 Å². The number of aromatic amines is 1. The average molecular weight is 155 g/mol. The molecule has 1 aromatic heterocycles. The van der Waals surface area contributed by atoms with Crippen LogP contribution in [0.15, 0.2) is 6.33 Å². The van der Waals surface area contributed by atoms with Crippen molar-refractivity contribution in [1.82, 2.24) is 9.97 Å². The highest BCUT2D eigenvalue weighted by atomic mass is 16.4. The third-order valence-corrected chi connectivity index (χ3v) is 1.43. The lowest BCUT2D eigenvalue weighted by Gasteiger charge is -2.02. The fourth-order valence-corrected chi connectivity index (χ4v) is 0.800. The van der Waals surface area contributed by atoms with Gasteiger partial charge in [-0.05, 0) is 6.92 Å². The van der Waals surface area contributed by atoms with Crippen LogP contribution < -0.4 is 5.73 Å². The summed E-state index contributed by atoms with van der Waals surface area (Å²) >= 11 is 0. The monoisotopic (exact) mass is 155 g/mol. The maximum atomic E-state index is 10.4. The Kier molecular flexibility index (Phi) is 1.91. The highest BCUT2D eigenvalue weighted by molar-refractivity contribution is 5.74. The summed E-state index contributed by atoms with van der Waals surface area (Å²) in [4.78, 5) is 16.9. The zero-order chi connectivity index (χ0) is 8.43. The highest BCUT2D eigenvalue weighted by Crippen LogP contribution is 2.09. The normalized spacial score (nSPS) is 12.9. The second kappa shape index (κ2) is 2.71. The Morgan fingerprint density at radius 1 is 1.91 bits per heavy atom. The molecule has 60 valence electrons. The molecule has 0 unspecified atom stereocenters. The first-order chi connectivity index (χ1) is 5.13. The van der Waals surface area contributed by atoms with E-state index in [1.807, 2.05) is 0 Å². The molecule has 0 amide bonds. The van der Waals surface area contributed by atoms with Gasteiger partial charge in [0.25, 0.3) is 0 Å². The molecule has 5 nitrogen and oxygen atoms in total. The first kappa shape index (κ1) is 7.74. The summed E-state index contributed by atoms with van der Waals surface area (Å²) in [5, 5.41) is 8.50. The van der Waals surface area contributed by atoms with Gasteiger partial charge in [-0.1, -0.05) is 0 Å². The molecule has 0 aliphatic heterocycles. The molecule has 0 saturated heterocycles. The number of nitrogens with one attached hydrogen (secondary N) is 1. The number of hydrogen-bond donors (Lipinski definition) is 3. The number of H-pyrrole nitrogens is 1. The van der Waals surface area contributed by atoms with E-state index in [9.17, 15) is 4.79 Å². The predicted octanol–water partition coefficient (Wildman–Crippen LogP) is -0.197. The van der Waals surface area contributed by atoms with Crippen LogP contribution in [0.3, 0.4) is 0 Å². The summed E-state index contributed by atoms with van der Waals surface area (Å²) in [6, 6.07) is -1.03. The van der Waals surface area contributed by atoms with Gasteiger partial charge in [-0.3, -0.25) is 4.79 Å². The van der Waals surface area contributed by atoms with Crippen LogP contribution in [0.1, 0.15) is 17.4 Å². The lowest BCUT2D eigenvalue weighted by molar-refractivity contribution is -0.138. The van der Waals surface area contributed by atoms with Crippen molar-refractivity contribution in [3.05, 3.63) is 17.7 Å². The van der Waals surface area contributed by atoms with Gasteiger partial charge in [0.15, 0.2) is 0 Å². The van der Waals surface area contributed by atoms with E-state index in [4.69, 9.17) is 10.8 Å². The number of carboxylic acids is 1. The topological polar surface area (TPSA) is 92.0 Å². The average Bonchev–Trinajstić information content (AvgIpc) is 2.33. The van der Waals surface area contributed by atoms with Gasteiger partial charge in [0.05, 0.1) is 12.0 Å². The van der Waals surface area contributed by atoms with Crippen LogP contribution in [0.4, 0.5) is 0 Å². The Labute approximate surface area is 63.3 Å². The van der Waals surface area contributed by atoms with Gasteiger partial charge in [-0.15, -0.1) is 0 Å². The van der Waals surface area contributed by atoms with E-state index in [0.717, 1.165) is 0 Å². The van der Waals surface area contributed by atoms with Crippen LogP contribution in [0.25, 0.3) is 0 Å². The molecule has 0 aromatic carbocycles. The van der Waals surface area contributed by atoms with Crippen LogP contribution in [0, 0.1) is 6.92 Å². The molecular weight excluding hydrogens is 146 g/mol. The Hall–Kier alpha value is -1.36. The van der Waals surface area contributed by atoms with E-state index >= 15 is 0 Å². The van der Waals surface area contributed by atoms with Gasteiger partial charge in [-0.25, -0.2) is 4.98 Å². The predicted molar refractivity (Wildman–Crippen MR) is 37.9 cm³/mol. The van der Waals surface area contributed by atoms with Gasteiger partial charge < -0.3 is 15.8 Å². The SMILES string of the molecule is Cc1[nH]cnc1[C@H](N)C(=O)O. The fourth-order valence-electron chi connectivity index (χ4n) is 0.800. The number of nitrogens with two attached hydrogens (primary N) is 1. The molecule has 1 atom stereocenters. The molecule has 5 heteroatoms. The number of hydrogen-bond acceptors (Lipinski definition) is 3. The maximum absolute atomic E-state index is 10.4. The van der Waals surface area contributed by atoms with Gasteiger partial charge in [-0.2, -0.15) is 0 Å². The van der Waals surface area contributed by atoms with Crippen LogP contribution in [-0.4, -0.2) is 21.0 Å². The second-order valence-electron chi connectivity index (χ2n) is 2.23. The van der Waals surface area contributed by atoms with Crippen LogP contribution in [-0.2, 0) is 4.79 Å². The lowest BCUT2D eigenvalue weighted by atomic mass is 10.2. The van der Waals surface area contributed by atoms with Crippen molar-refractivity contribution in [2.75, 3.05) is 0 Å². The molecule has 0 bridgehead atoms. The summed E-state index contributed by atoms with van der Waals surface area (Å²) in [7, 11) is 0. The van der Waals surface area contributed by atoms with Crippen LogP contribution in [0.5, 0.6) is 0 Å². The van der Waals surface area contributed by atoms with Crippen molar-refractivity contribution in [1.29, 1.82) is 0 Å². The quantitative estimate of drug-likeness (QED) is 0.551. The third-order valence-electron chi connectivity index (χ3n) is 1.43. The summed E-state index contributed by atoms with van der Waals surface area (Å²) < 4.78 is 0. The van der Waals surface area contributed by atoms with Gasteiger partial charge in [0.1, 0.15) is 6.04 Å². The molecule has 0 aliphatic carbocycles. The van der Waals surface area contributed by atoms with Gasteiger partial charge in [0.2, 0.25) is 0 Å². The first-order valence-corrected chi connectivity index (χ1v) is 3.11. The summed E-state index contributed by atoms with van der Waals surface area (Å²) in [6.45, 7) is 1.73. The second-order valence-corrected chi connectivity index (χ2v) is 2.23. The number of aromatic nitrogens is 2. The largest absolute Gasteiger partial charge is 0.480 e. The molecule has 1 heterocycles. The number of imidazole rings is 1. The molecule has 0 spiro atoms. The highest BCUT2D eigenvalue weighted by Gasteiger charge is 2.18. The van der Waals surface area contributed by atoms with Crippen molar-refractivity contribution >= 4 is 5.97 Å². The molecule has 4 N–H and O–H groups in total. The zero-order valence-electron chi connectivity index (χ0n) is 6.03. The Balaban J connectivity index is 2.92. The number of carbonyl (C=O) groups is 1. The van der Waals surface area contributed by atoms with Crippen LogP contribution >= 0.6 is 0 Å². The standard InChI is InChI=1S/C6H9N3O2/c1-3-5(9-2-8-3)4(7)6(10)11/h2,4H,7H2,1H3,(H,8,9)(H,10,11)/t4-/m0/s1. The molecule has 0 saturated carbocycles. The van der Waals surface area contributed by atoms with Crippen molar-refractivity contribution in [2.45, 2.75) is 13.0 Å². The number of carboxylic acid groups (broad SMARTS) is 1. The number of nitrogens with zero attached hydrogens (tertiary/aromatic N) is 1. The minimum Gasteiger partial charge on any atom is -0.480 e. The smallest absolute Gasteiger partial charge is 0.326 e. The fraction of sp³-hybridized carbons (Fsp3) is 0.333. The minimum absolute atomic E-state index is 0.387. The van der Waals surface area contributed by atoms with Gasteiger partial charge in [0, 0.05) is 5.69 Å². The third kappa shape index (κ3) is 1.38. The van der Waals surface area contributed by atoms with E-state index in [2.05, 4.69) is 9.97 Å².